The molecule has 3 nitrogen and oxygen atoms in total. The van der Waals surface area contributed by atoms with Crippen LogP contribution in [-0.4, -0.2) is 24.7 Å². The Morgan fingerprint density at radius 3 is 2.56 bits per heavy atom. The van der Waals surface area contributed by atoms with Gasteiger partial charge in [0, 0.05) is 18.0 Å². The van der Waals surface area contributed by atoms with Gasteiger partial charge >= 0.3 is 0 Å². The maximum absolute atomic E-state index is 11.3. The minimum Gasteiger partial charge on any atom is -0.354 e. The van der Waals surface area contributed by atoms with Crippen LogP contribution >= 0.6 is 24.2 Å². The van der Waals surface area contributed by atoms with Gasteiger partial charge in [-0.1, -0.05) is 17.7 Å². The van der Waals surface area contributed by atoms with Crippen LogP contribution in [0.3, 0.4) is 0 Å². The van der Waals surface area contributed by atoms with Gasteiger partial charge in [0.15, 0.2) is 0 Å². The second-order valence-corrected chi connectivity index (χ2v) is 4.29. The third kappa shape index (κ3) is 6.00. The molecule has 0 aliphatic heterocycles. The number of halogens is 1. The van der Waals surface area contributed by atoms with Crippen molar-refractivity contribution in [3.8, 4) is 0 Å². The zero-order valence-electron chi connectivity index (χ0n) is 9.23. The normalized spacial score (nSPS) is 9.38. The predicted octanol–water partition coefficient (Wildman–Crippen LogP) is 1.58. The maximum atomic E-state index is 11.3. The Bertz CT molecular complexity index is 316. The van der Waals surface area contributed by atoms with Crippen LogP contribution in [-0.2, 0) is 4.79 Å². The first-order chi connectivity index (χ1) is 7.22. The second kappa shape index (κ2) is 8.44. The molecule has 90 valence electrons. The van der Waals surface area contributed by atoms with Gasteiger partial charge in [0.05, 0.1) is 5.75 Å². The van der Waals surface area contributed by atoms with Crippen molar-refractivity contribution in [1.82, 2.24) is 5.32 Å². The highest BCUT2D eigenvalue weighted by Crippen LogP contribution is 2.17. The van der Waals surface area contributed by atoms with E-state index < -0.39 is 0 Å². The molecule has 0 saturated heterocycles. The highest BCUT2D eigenvalue weighted by Gasteiger charge is 2.01. The summed E-state index contributed by atoms with van der Waals surface area (Å²) < 4.78 is 0. The van der Waals surface area contributed by atoms with Crippen LogP contribution in [0.15, 0.2) is 29.2 Å². The fraction of sp³-hybridized carbons (Fsp3) is 0.364. The number of hydrogen-bond acceptors (Lipinski definition) is 3. The average molecular weight is 261 g/mol. The van der Waals surface area contributed by atoms with Gasteiger partial charge in [-0.25, -0.2) is 0 Å². The summed E-state index contributed by atoms with van der Waals surface area (Å²) in [6.45, 7) is 3.08. The highest BCUT2D eigenvalue weighted by atomic mass is 35.5. The zero-order valence-corrected chi connectivity index (χ0v) is 10.9. The lowest BCUT2D eigenvalue weighted by molar-refractivity contribution is -0.118. The summed E-state index contributed by atoms with van der Waals surface area (Å²) in [6, 6.07) is 8.13. The monoisotopic (exact) mass is 260 g/mol. The molecule has 0 unspecified atom stereocenters. The van der Waals surface area contributed by atoms with Gasteiger partial charge in [0.2, 0.25) is 5.91 Å². The first kappa shape index (κ1) is 15.3. The summed E-state index contributed by atoms with van der Waals surface area (Å²) in [5.74, 6) is 0.481. The molecule has 0 atom stereocenters. The summed E-state index contributed by atoms with van der Waals surface area (Å²) in [6.07, 6.45) is 0. The van der Waals surface area contributed by atoms with E-state index in [0.29, 0.717) is 18.8 Å². The molecule has 0 aliphatic rings. The zero-order chi connectivity index (χ0) is 11.1. The molecule has 0 spiro atoms. The topological polar surface area (TPSA) is 55.1 Å². The minimum absolute atomic E-state index is 0. The predicted molar refractivity (Wildman–Crippen MR) is 71.2 cm³/mol. The molecule has 0 heterocycles. The van der Waals surface area contributed by atoms with Crippen LogP contribution in [0.2, 0.25) is 0 Å². The number of rotatable bonds is 5. The van der Waals surface area contributed by atoms with Gasteiger partial charge in [-0.15, -0.1) is 24.2 Å². The Morgan fingerprint density at radius 1 is 1.38 bits per heavy atom. The first-order valence-electron chi connectivity index (χ1n) is 4.88. The van der Waals surface area contributed by atoms with E-state index in [-0.39, 0.29) is 18.3 Å². The van der Waals surface area contributed by atoms with E-state index in [4.69, 9.17) is 5.73 Å². The van der Waals surface area contributed by atoms with Crippen LogP contribution < -0.4 is 11.1 Å². The number of carbonyl (C=O) groups is 1. The quantitative estimate of drug-likeness (QED) is 0.791. The third-order valence-corrected chi connectivity index (χ3v) is 2.87. The van der Waals surface area contributed by atoms with E-state index in [9.17, 15) is 4.79 Å². The van der Waals surface area contributed by atoms with Gasteiger partial charge in [-0.3, -0.25) is 4.79 Å². The van der Waals surface area contributed by atoms with Gasteiger partial charge in [-0.05, 0) is 19.1 Å². The number of hydrogen-bond donors (Lipinski definition) is 2. The van der Waals surface area contributed by atoms with Crippen LogP contribution in [0.4, 0.5) is 0 Å². The lowest BCUT2D eigenvalue weighted by Gasteiger charge is -2.03. The number of amides is 1. The van der Waals surface area contributed by atoms with Gasteiger partial charge in [-0.2, -0.15) is 0 Å². The van der Waals surface area contributed by atoms with E-state index in [1.165, 1.54) is 17.3 Å². The summed E-state index contributed by atoms with van der Waals surface area (Å²) in [5, 5.41) is 2.73. The standard InChI is InChI=1S/C11H16N2OS.ClH/c1-9-2-4-10(5-3-9)15-8-11(14)13-7-6-12;/h2-5H,6-8,12H2,1H3,(H,13,14);1H. The summed E-state index contributed by atoms with van der Waals surface area (Å²) >= 11 is 1.53. The molecule has 0 aliphatic carbocycles. The van der Waals surface area contributed by atoms with E-state index in [0.717, 1.165) is 4.90 Å². The Kier molecular flexibility index (Phi) is 8.07. The largest absolute Gasteiger partial charge is 0.354 e. The van der Waals surface area contributed by atoms with Crippen LogP contribution in [0.5, 0.6) is 0 Å². The first-order valence-corrected chi connectivity index (χ1v) is 5.87. The molecule has 0 saturated carbocycles. The van der Waals surface area contributed by atoms with E-state index in [1.54, 1.807) is 0 Å². The number of aryl methyl sites for hydroxylation is 1. The van der Waals surface area contributed by atoms with Crippen molar-refractivity contribution in [2.75, 3.05) is 18.8 Å². The highest BCUT2D eigenvalue weighted by molar-refractivity contribution is 8.00. The van der Waals surface area contributed by atoms with Crippen molar-refractivity contribution < 1.29 is 4.79 Å². The van der Waals surface area contributed by atoms with Crippen LogP contribution in [0, 0.1) is 6.92 Å². The smallest absolute Gasteiger partial charge is 0.230 e. The van der Waals surface area contributed by atoms with Crippen molar-refractivity contribution in [3.63, 3.8) is 0 Å². The summed E-state index contributed by atoms with van der Waals surface area (Å²) in [4.78, 5) is 12.4. The fourth-order valence-electron chi connectivity index (χ4n) is 1.05. The SMILES string of the molecule is Cc1ccc(SCC(=O)NCCN)cc1.Cl. The molecule has 0 radical (unpaired) electrons. The Morgan fingerprint density at radius 2 is 2.00 bits per heavy atom. The summed E-state index contributed by atoms with van der Waals surface area (Å²) in [5.41, 5.74) is 6.51. The number of benzene rings is 1. The molecule has 16 heavy (non-hydrogen) atoms. The Hall–Kier alpha value is -0.710. The van der Waals surface area contributed by atoms with Crippen molar-refractivity contribution in [2.45, 2.75) is 11.8 Å². The maximum Gasteiger partial charge on any atom is 0.230 e. The number of nitrogens with two attached hydrogens (primary N) is 1. The van der Waals surface area contributed by atoms with Gasteiger partial charge < -0.3 is 11.1 Å². The molecule has 1 rings (SSSR count). The van der Waals surface area contributed by atoms with Gasteiger partial charge in [0.25, 0.3) is 0 Å². The number of carbonyl (C=O) groups excluding carboxylic acids is 1. The number of nitrogens with one attached hydrogen (secondary N) is 1. The lowest BCUT2D eigenvalue weighted by Crippen LogP contribution is -2.30. The van der Waals surface area contributed by atoms with Crippen molar-refractivity contribution in [3.05, 3.63) is 29.8 Å². The fourth-order valence-corrected chi connectivity index (χ4v) is 1.77. The molecule has 5 heteroatoms. The Labute approximate surface area is 107 Å². The lowest BCUT2D eigenvalue weighted by atomic mass is 10.2. The Balaban J connectivity index is 0.00000225. The minimum atomic E-state index is 0. The molecule has 0 aromatic heterocycles. The molecular formula is C11H17ClN2OS. The van der Waals surface area contributed by atoms with Crippen LogP contribution in [0.25, 0.3) is 0 Å². The van der Waals surface area contributed by atoms with Crippen LogP contribution in [0.1, 0.15) is 5.56 Å². The summed E-state index contributed by atoms with van der Waals surface area (Å²) in [7, 11) is 0. The second-order valence-electron chi connectivity index (χ2n) is 3.24. The molecule has 3 N–H and O–H groups in total. The van der Waals surface area contributed by atoms with Crippen molar-refractivity contribution >= 4 is 30.1 Å². The molecule has 1 aromatic rings. The third-order valence-electron chi connectivity index (χ3n) is 1.86. The molecule has 1 aromatic carbocycles. The molecule has 0 fully saturated rings. The van der Waals surface area contributed by atoms with E-state index in [2.05, 4.69) is 5.32 Å². The van der Waals surface area contributed by atoms with Crippen molar-refractivity contribution in [2.24, 2.45) is 5.73 Å². The molecule has 0 bridgehead atoms. The molecule has 1 amide bonds. The molecular weight excluding hydrogens is 244 g/mol. The van der Waals surface area contributed by atoms with Gasteiger partial charge in [0.1, 0.15) is 0 Å². The van der Waals surface area contributed by atoms with E-state index in [1.807, 2.05) is 31.2 Å². The van der Waals surface area contributed by atoms with E-state index >= 15 is 0 Å². The average Bonchev–Trinajstić information content (AvgIpc) is 2.25. The number of thioether (sulfide) groups is 1. The van der Waals surface area contributed by atoms with Crippen molar-refractivity contribution in [1.29, 1.82) is 0 Å².